The highest BCUT2D eigenvalue weighted by molar-refractivity contribution is 7.99. The van der Waals surface area contributed by atoms with Crippen LogP contribution in [0.15, 0.2) is 4.40 Å². The fourth-order valence-corrected chi connectivity index (χ4v) is 2.25. The van der Waals surface area contributed by atoms with Crippen LogP contribution in [0.4, 0.5) is 0 Å². The third kappa shape index (κ3) is 5.54. The highest BCUT2D eigenvalue weighted by Gasteiger charge is 2.20. The zero-order chi connectivity index (χ0) is 12.0. The Hall–Kier alpha value is -0.510. The second-order valence-corrected chi connectivity index (χ2v) is 6.94. The van der Waals surface area contributed by atoms with Gasteiger partial charge < -0.3 is 4.90 Å². The predicted octanol–water partition coefficient (Wildman–Crippen LogP) is 2.76. The molecule has 1 rings (SSSR count). The van der Waals surface area contributed by atoms with Crippen molar-refractivity contribution in [3.05, 3.63) is 0 Å². The lowest BCUT2D eigenvalue weighted by atomic mass is 10.0. The number of nitrogens with zero attached hydrogens (tertiary/aromatic N) is 2. The van der Waals surface area contributed by atoms with Crippen molar-refractivity contribution >= 4 is 24.6 Å². The first-order valence-corrected chi connectivity index (χ1v) is 6.68. The lowest BCUT2D eigenvalue weighted by Gasteiger charge is -2.12. The molecule has 1 aliphatic heterocycles. The molecule has 1 fully saturated rings. The van der Waals surface area contributed by atoms with Gasteiger partial charge in [0.2, 0.25) is 6.41 Å². The Labute approximate surface area is 103 Å². The van der Waals surface area contributed by atoms with Gasteiger partial charge in [-0.25, -0.2) is 4.40 Å². The number of rotatable bonds is 5. The van der Waals surface area contributed by atoms with E-state index in [0.29, 0.717) is 5.92 Å². The number of carbonyl (C=O) groups is 1. The van der Waals surface area contributed by atoms with Gasteiger partial charge in [-0.1, -0.05) is 0 Å². The van der Waals surface area contributed by atoms with Crippen molar-refractivity contribution in [2.75, 3.05) is 13.1 Å². The smallest absolute Gasteiger partial charge is 0.209 e. The summed E-state index contributed by atoms with van der Waals surface area (Å²) in [5, 5.41) is 0. The second-order valence-electron chi connectivity index (χ2n) is 5.32. The van der Waals surface area contributed by atoms with Gasteiger partial charge in [0.15, 0.2) is 0 Å². The molecule has 0 N–H and O–H groups in total. The molecule has 1 atom stereocenters. The van der Waals surface area contributed by atoms with Gasteiger partial charge in [-0.2, -0.15) is 0 Å². The van der Waals surface area contributed by atoms with Crippen molar-refractivity contribution in [1.29, 1.82) is 0 Å². The maximum absolute atomic E-state index is 10.5. The Bertz CT molecular complexity index is 248. The van der Waals surface area contributed by atoms with E-state index in [1.54, 1.807) is 11.9 Å². The van der Waals surface area contributed by atoms with E-state index in [2.05, 4.69) is 25.2 Å². The lowest BCUT2D eigenvalue weighted by Crippen LogP contribution is -2.18. The summed E-state index contributed by atoms with van der Waals surface area (Å²) < 4.78 is 4.56. The standard InChI is InChI=1S/C12H22N2OS/c1-12(2,3)16-13-7-4-5-11-6-8-14(9-11)10-15/h7,10-11H,4-6,8-9H2,1-3H3. The first kappa shape index (κ1) is 13.6. The third-order valence-corrected chi connectivity index (χ3v) is 3.37. The molecule has 1 saturated heterocycles. The van der Waals surface area contributed by atoms with Crippen molar-refractivity contribution in [2.24, 2.45) is 10.3 Å². The Kier molecular flexibility index (Phi) is 5.32. The minimum Gasteiger partial charge on any atom is -0.345 e. The van der Waals surface area contributed by atoms with Gasteiger partial charge in [0.05, 0.1) is 0 Å². The lowest BCUT2D eigenvalue weighted by molar-refractivity contribution is -0.117. The minimum absolute atomic E-state index is 0.207. The van der Waals surface area contributed by atoms with Crippen molar-refractivity contribution in [3.8, 4) is 0 Å². The number of hydrogen-bond donors (Lipinski definition) is 0. The molecule has 1 amide bonds. The highest BCUT2D eigenvalue weighted by atomic mass is 32.2. The molecule has 16 heavy (non-hydrogen) atoms. The normalized spacial score (nSPS) is 21.9. The SMILES string of the molecule is CC(C)(C)SN=CCCC1CCN(C=O)C1. The summed E-state index contributed by atoms with van der Waals surface area (Å²) in [7, 11) is 0. The van der Waals surface area contributed by atoms with Gasteiger partial charge >= 0.3 is 0 Å². The monoisotopic (exact) mass is 242 g/mol. The molecule has 0 saturated carbocycles. The fraction of sp³-hybridized carbons (Fsp3) is 0.833. The van der Waals surface area contributed by atoms with E-state index in [9.17, 15) is 4.79 Å². The van der Waals surface area contributed by atoms with Crippen LogP contribution in [-0.2, 0) is 4.79 Å². The Morgan fingerprint density at radius 3 is 2.81 bits per heavy atom. The largest absolute Gasteiger partial charge is 0.345 e. The molecule has 0 aromatic heterocycles. The van der Waals surface area contributed by atoms with E-state index in [1.807, 2.05) is 11.1 Å². The number of hydrogen-bond acceptors (Lipinski definition) is 3. The Balaban J connectivity index is 2.10. The maximum atomic E-state index is 10.5. The fourth-order valence-electron chi connectivity index (χ4n) is 1.75. The number of likely N-dealkylation sites (tertiary alicyclic amines) is 1. The zero-order valence-corrected chi connectivity index (χ0v) is 11.3. The molecular formula is C12H22N2OS. The molecule has 1 unspecified atom stereocenters. The van der Waals surface area contributed by atoms with Crippen LogP contribution in [-0.4, -0.2) is 35.4 Å². The summed E-state index contributed by atoms with van der Waals surface area (Å²) >= 11 is 1.62. The van der Waals surface area contributed by atoms with Crippen LogP contribution in [0.5, 0.6) is 0 Å². The van der Waals surface area contributed by atoms with E-state index in [1.165, 1.54) is 0 Å². The quantitative estimate of drug-likeness (QED) is 0.422. The molecule has 0 bridgehead atoms. The van der Waals surface area contributed by atoms with Gasteiger partial charge in [0.25, 0.3) is 0 Å². The second kappa shape index (κ2) is 6.28. The molecule has 1 heterocycles. The van der Waals surface area contributed by atoms with Crippen molar-refractivity contribution in [2.45, 2.75) is 44.8 Å². The topological polar surface area (TPSA) is 32.7 Å². The molecule has 92 valence electrons. The van der Waals surface area contributed by atoms with E-state index in [0.717, 1.165) is 38.8 Å². The maximum Gasteiger partial charge on any atom is 0.209 e. The molecule has 0 aliphatic carbocycles. The summed E-state index contributed by atoms with van der Waals surface area (Å²) in [4.78, 5) is 12.4. The molecule has 0 aromatic carbocycles. The minimum atomic E-state index is 0.207. The first-order chi connectivity index (χ1) is 7.51. The first-order valence-electron chi connectivity index (χ1n) is 5.90. The average Bonchev–Trinajstić information content (AvgIpc) is 2.63. The predicted molar refractivity (Wildman–Crippen MR) is 70.8 cm³/mol. The van der Waals surface area contributed by atoms with Crippen LogP contribution in [0.2, 0.25) is 0 Å². The molecular weight excluding hydrogens is 220 g/mol. The molecule has 0 aromatic rings. The van der Waals surface area contributed by atoms with Crippen LogP contribution in [0.1, 0.15) is 40.0 Å². The summed E-state index contributed by atoms with van der Waals surface area (Å²) in [6, 6.07) is 0. The van der Waals surface area contributed by atoms with Crippen LogP contribution in [0.3, 0.4) is 0 Å². The van der Waals surface area contributed by atoms with E-state index in [-0.39, 0.29) is 4.75 Å². The molecule has 4 heteroatoms. The molecule has 1 aliphatic rings. The summed E-state index contributed by atoms with van der Waals surface area (Å²) in [6.07, 6.45) is 6.31. The van der Waals surface area contributed by atoms with Gasteiger partial charge in [-0.15, -0.1) is 0 Å². The summed E-state index contributed by atoms with van der Waals surface area (Å²) in [5.41, 5.74) is 0. The molecule has 0 radical (unpaired) electrons. The third-order valence-electron chi connectivity index (χ3n) is 2.57. The van der Waals surface area contributed by atoms with E-state index >= 15 is 0 Å². The number of carbonyl (C=O) groups excluding carboxylic acids is 1. The highest BCUT2D eigenvalue weighted by Crippen LogP contribution is 2.24. The van der Waals surface area contributed by atoms with Crippen LogP contribution in [0.25, 0.3) is 0 Å². The molecule has 0 spiro atoms. The van der Waals surface area contributed by atoms with Gasteiger partial charge in [0, 0.05) is 24.1 Å². The van der Waals surface area contributed by atoms with Crippen molar-refractivity contribution in [3.63, 3.8) is 0 Å². The zero-order valence-electron chi connectivity index (χ0n) is 10.5. The van der Waals surface area contributed by atoms with Gasteiger partial charge in [-0.3, -0.25) is 4.79 Å². The Morgan fingerprint density at radius 2 is 2.25 bits per heavy atom. The van der Waals surface area contributed by atoms with Crippen LogP contribution < -0.4 is 0 Å². The van der Waals surface area contributed by atoms with Gasteiger partial charge in [0.1, 0.15) is 0 Å². The van der Waals surface area contributed by atoms with Crippen LogP contribution in [0, 0.1) is 5.92 Å². The van der Waals surface area contributed by atoms with E-state index in [4.69, 9.17) is 0 Å². The molecule has 3 nitrogen and oxygen atoms in total. The average molecular weight is 242 g/mol. The Morgan fingerprint density at radius 1 is 1.50 bits per heavy atom. The van der Waals surface area contributed by atoms with E-state index < -0.39 is 0 Å². The van der Waals surface area contributed by atoms with Crippen molar-refractivity contribution in [1.82, 2.24) is 4.90 Å². The van der Waals surface area contributed by atoms with Gasteiger partial charge in [-0.05, 0) is 57.9 Å². The summed E-state index contributed by atoms with van der Waals surface area (Å²) in [6.45, 7) is 8.35. The van der Waals surface area contributed by atoms with Crippen molar-refractivity contribution < 1.29 is 4.79 Å². The number of amides is 1. The summed E-state index contributed by atoms with van der Waals surface area (Å²) in [5.74, 6) is 0.677. The van der Waals surface area contributed by atoms with Crippen LogP contribution >= 0.6 is 11.9 Å².